The summed E-state index contributed by atoms with van der Waals surface area (Å²) in [5.41, 5.74) is 4.70. The van der Waals surface area contributed by atoms with E-state index >= 15 is 0 Å². The number of esters is 2. The summed E-state index contributed by atoms with van der Waals surface area (Å²) in [4.78, 5) is 42.7. The fourth-order valence-electron chi connectivity index (χ4n) is 6.15. The molecule has 0 aliphatic rings. The summed E-state index contributed by atoms with van der Waals surface area (Å²) in [7, 11) is 0. The molecule has 2 N–H and O–H groups in total. The zero-order chi connectivity index (χ0) is 36.5. The molecule has 0 fully saturated rings. The van der Waals surface area contributed by atoms with Crippen molar-refractivity contribution in [2.45, 2.75) is 90.4 Å². The monoisotopic (exact) mass is 703 g/mol. The molecule has 1 heterocycles. The largest absolute Gasteiger partial charge is 0.491 e. The maximum atomic E-state index is 13.8. The normalized spacial score (nSPS) is 11.7. The molecule has 5 rings (SSSR count). The molecule has 1 aromatic heterocycles. The molecule has 0 amide bonds. The predicted molar refractivity (Wildman–Crippen MR) is 202 cm³/mol. The Labute approximate surface area is 306 Å². The summed E-state index contributed by atoms with van der Waals surface area (Å²) in [5.74, 6) is -0.661. The van der Waals surface area contributed by atoms with Crippen LogP contribution >= 0.6 is 0 Å². The van der Waals surface area contributed by atoms with Crippen molar-refractivity contribution in [1.82, 2.24) is 4.98 Å². The van der Waals surface area contributed by atoms with Crippen LogP contribution in [0.4, 0.5) is 0 Å². The second kappa shape index (κ2) is 20.0. The van der Waals surface area contributed by atoms with Crippen molar-refractivity contribution in [3.63, 3.8) is 0 Å². The van der Waals surface area contributed by atoms with Crippen LogP contribution in [0.1, 0.15) is 101 Å². The maximum absolute atomic E-state index is 13.8. The van der Waals surface area contributed by atoms with Crippen molar-refractivity contribution >= 4 is 28.6 Å². The molecule has 0 saturated heterocycles. The smallest absolute Gasteiger partial charge is 0.338 e. The number of carbonyl (C=O) groups is 3. The summed E-state index contributed by atoms with van der Waals surface area (Å²) in [6.07, 6.45) is 7.50. The van der Waals surface area contributed by atoms with E-state index in [4.69, 9.17) is 14.2 Å². The number of aliphatic hydroxyl groups is 1. The first kappa shape index (κ1) is 38.0. The molecule has 0 saturated carbocycles. The van der Waals surface area contributed by atoms with Gasteiger partial charge in [0.2, 0.25) is 0 Å². The SMILES string of the molecule is CCCCCCCCc1ccc(OCC(O)Cc2[nH]c3ccc(C(=O)OCc4ccccc4)cc3c2C(=O)CCC(=O)OCc2ccccc2)cc1. The van der Waals surface area contributed by atoms with Gasteiger partial charge in [-0.25, -0.2) is 4.79 Å². The number of carbonyl (C=O) groups excluding carboxylic acids is 3. The summed E-state index contributed by atoms with van der Waals surface area (Å²) >= 11 is 0. The molecule has 0 aliphatic carbocycles. The van der Waals surface area contributed by atoms with Gasteiger partial charge >= 0.3 is 11.9 Å². The van der Waals surface area contributed by atoms with Crippen molar-refractivity contribution < 1.29 is 33.7 Å². The molecule has 8 heteroatoms. The highest BCUT2D eigenvalue weighted by atomic mass is 16.5. The highest BCUT2D eigenvalue weighted by Gasteiger charge is 2.23. The average Bonchev–Trinajstić information content (AvgIpc) is 3.54. The van der Waals surface area contributed by atoms with Gasteiger partial charge in [-0.1, -0.05) is 112 Å². The minimum Gasteiger partial charge on any atom is -0.491 e. The maximum Gasteiger partial charge on any atom is 0.338 e. The van der Waals surface area contributed by atoms with Gasteiger partial charge in [-0.05, 0) is 59.9 Å². The van der Waals surface area contributed by atoms with Crippen molar-refractivity contribution in [3.8, 4) is 5.75 Å². The molecule has 0 bridgehead atoms. The third-order valence-electron chi connectivity index (χ3n) is 9.03. The standard InChI is InChI=1S/C44H49NO7/c1-2-3-4-5-6-9-14-32-19-22-37(23-20-32)50-31-36(46)28-40-43(41(47)25-26-42(48)51-29-33-15-10-7-11-16-33)38-27-35(21-24-39(38)45-40)44(49)52-30-34-17-12-8-13-18-34/h7-8,10-13,15-24,27,36,45-46H,2-6,9,14,25-26,28-31H2,1H3. The van der Waals surface area contributed by atoms with Crippen LogP contribution < -0.4 is 4.74 Å². The number of nitrogens with one attached hydrogen (secondary N) is 1. The lowest BCUT2D eigenvalue weighted by molar-refractivity contribution is -0.144. The number of ketones is 1. The van der Waals surface area contributed by atoms with Crippen LogP contribution in [0.5, 0.6) is 5.75 Å². The summed E-state index contributed by atoms with van der Waals surface area (Å²) < 4.78 is 16.9. The Morgan fingerprint density at radius 3 is 2.06 bits per heavy atom. The lowest BCUT2D eigenvalue weighted by atomic mass is 9.99. The van der Waals surface area contributed by atoms with Gasteiger partial charge in [0.1, 0.15) is 25.6 Å². The van der Waals surface area contributed by atoms with E-state index in [1.165, 1.54) is 44.1 Å². The fourth-order valence-corrected chi connectivity index (χ4v) is 6.15. The van der Waals surface area contributed by atoms with E-state index in [1.807, 2.05) is 72.8 Å². The highest BCUT2D eigenvalue weighted by Crippen LogP contribution is 2.28. The van der Waals surface area contributed by atoms with Gasteiger partial charge in [-0.15, -0.1) is 0 Å². The number of aromatic amines is 1. The predicted octanol–water partition coefficient (Wildman–Crippen LogP) is 9.12. The van der Waals surface area contributed by atoms with Gasteiger partial charge in [0.05, 0.1) is 18.1 Å². The molecule has 8 nitrogen and oxygen atoms in total. The molecule has 5 aromatic rings. The van der Waals surface area contributed by atoms with E-state index in [2.05, 4.69) is 24.0 Å². The number of aryl methyl sites for hydroxylation is 1. The quantitative estimate of drug-likeness (QED) is 0.0445. The van der Waals surface area contributed by atoms with E-state index < -0.39 is 18.0 Å². The molecule has 52 heavy (non-hydrogen) atoms. The molecule has 4 aromatic carbocycles. The molecular weight excluding hydrogens is 654 g/mol. The molecule has 0 aliphatic heterocycles. The summed E-state index contributed by atoms with van der Waals surface area (Å²) in [5, 5.41) is 11.6. The molecule has 272 valence electrons. The topological polar surface area (TPSA) is 115 Å². The Kier molecular flexibility index (Phi) is 14.6. The van der Waals surface area contributed by atoms with Gasteiger partial charge in [0.15, 0.2) is 5.78 Å². The lowest BCUT2D eigenvalue weighted by Crippen LogP contribution is -2.21. The molecule has 1 unspecified atom stereocenters. The first-order valence-electron chi connectivity index (χ1n) is 18.4. The fraction of sp³-hybridized carbons (Fsp3) is 0.341. The molecular formula is C44H49NO7. The Morgan fingerprint density at radius 1 is 0.712 bits per heavy atom. The zero-order valence-electron chi connectivity index (χ0n) is 30.0. The first-order valence-corrected chi connectivity index (χ1v) is 18.4. The number of unbranched alkanes of at least 4 members (excludes halogenated alkanes) is 5. The minimum absolute atomic E-state index is 0.0165. The minimum atomic E-state index is -0.937. The first-order chi connectivity index (χ1) is 25.4. The van der Waals surface area contributed by atoms with Crippen LogP contribution in [0, 0.1) is 0 Å². The third kappa shape index (κ3) is 11.7. The number of H-pyrrole nitrogens is 1. The van der Waals surface area contributed by atoms with E-state index in [0.29, 0.717) is 27.9 Å². The molecule has 1 atom stereocenters. The Hall–Kier alpha value is -5.21. The molecule has 0 spiro atoms. The average molecular weight is 704 g/mol. The van der Waals surface area contributed by atoms with Crippen LogP contribution in [0.3, 0.4) is 0 Å². The number of rotatable bonds is 21. The van der Waals surface area contributed by atoms with Crippen molar-refractivity contribution in [2.75, 3.05) is 6.61 Å². The van der Waals surface area contributed by atoms with E-state index in [1.54, 1.807) is 18.2 Å². The Morgan fingerprint density at radius 2 is 1.37 bits per heavy atom. The van der Waals surface area contributed by atoms with Crippen LogP contribution in [-0.4, -0.2) is 40.5 Å². The number of Topliss-reactive ketones (excluding diaryl/α,β-unsaturated/α-hetero) is 1. The zero-order valence-corrected chi connectivity index (χ0v) is 30.0. The van der Waals surface area contributed by atoms with E-state index in [0.717, 1.165) is 17.5 Å². The summed E-state index contributed by atoms with van der Waals surface area (Å²) in [6, 6.07) is 31.7. The second-order valence-electron chi connectivity index (χ2n) is 13.2. The van der Waals surface area contributed by atoms with Gasteiger partial charge in [-0.2, -0.15) is 0 Å². The van der Waals surface area contributed by atoms with Crippen LogP contribution in [0.15, 0.2) is 103 Å². The van der Waals surface area contributed by atoms with Crippen LogP contribution in [0.2, 0.25) is 0 Å². The van der Waals surface area contributed by atoms with Crippen molar-refractivity contribution in [2.24, 2.45) is 0 Å². The van der Waals surface area contributed by atoms with Gasteiger partial charge < -0.3 is 24.3 Å². The Balaban J connectivity index is 1.24. The van der Waals surface area contributed by atoms with Gasteiger partial charge in [0.25, 0.3) is 0 Å². The second-order valence-corrected chi connectivity index (χ2v) is 13.2. The van der Waals surface area contributed by atoms with Crippen molar-refractivity contribution in [1.29, 1.82) is 0 Å². The molecule has 0 radical (unpaired) electrons. The van der Waals surface area contributed by atoms with Gasteiger partial charge in [0, 0.05) is 35.0 Å². The number of aromatic nitrogens is 1. The summed E-state index contributed by atoms with van der Waals surface area (Å²) in [6.45, 7) is 2.48. The van der Waals surface area contributed by atoms with E-state index in [-0.39, 0.29) is 50.4 Å². The van der Waals surface area contributed by atoms with Gasteiger partial charge in [-0.3, -0.25) is 9.59 Å². The number of benzene rings is 4. The number of aliphatic hydroxyl groups excluding tert-OH is 1. The highest BCUT2D eigenvalue weighted by molar-refractivity contribution is 6.11. The number of fused-ring (bicyclic) bond motifs is 1. The Bertz CT molecular complexity index is 1870. The van der Waals surface area contributed by atoms with Crippen molar-refractivity contribution in [3.05, 3.63) is 137 Å². The number of hydrogen-bond acceptors (Lipinski definition) is 7. The lowest BCUT2D eigenvalue weighted by Gasteiger charge is -2.13. The van der Waals surface area contributed by atoms with E-state index in [9.17, 15) is 19.5 Å². The number of hydrogen-bond donors (Lipinski definition) is 2. The van der Waals surface area contributed by atoms with Crippen LogP contribution in [-0.2, 0) is 40.3 Å². The van der Waals surface area contributed by atoms with Crippen LogP contribution in [0.25, 0.3) is 10.9 Å². The number of ether oxygens (including phenoxy) is 3. The third-order valence-corrected chi connectivity index (χ3v) is 9.03.